The Hall–Kier alpha value is -2.64. The van der Waals surface area contributed by atoms with E-state index >= 15 is 0 Å². The third-order valence-corrected chi connectivity index (χ3v) is 4.39. The molecule has 2 aliphatic rings. The highest BCUT2D eigenvalue weighted by Gasteiger charge is 2.35. The van der Waals surface area contributed by atoms with E-state index in [1.807, 2.05) is 0 Å². The lowest BCUT2D eigenvalue weighted by molar-refractivity contribution is -0.121. The zero-order chi connectivity index (χ0) is 18.1. The lowest BCUT2D eigenvalue weighted by atomic mass is 10.1. The van der Waals surface area contributed by atoms with E-state index in [0.717, 1.165) is 0 Å². The second-order valence-corrected chi connectivity index (χ2v) is 6.02. The van der Waals surface area contributed by atoms with Gasteiger partial charge in [-0.3, -0.25) is 14.5 Å². The highest BCUT2D eigenvalue weighted by molar-refractivity contribution is 6.02. The Morgan fingerprint density at radius 1 is 1.36 bits per heavy atom. The summed E-state index contributed by atoms with van der Waals surface area (Å²) in [4.78, 5) is 38.1. The summed E-state index contributed by atoms with van der Waals surface area (Å²) in [6.07, 6.45) is -0.616. The maximum absolute atomic E-state index is 14.5. The van der Waals surface area contributed by atoms with Crippen LogP contribution in [0.25, 0.3) is 0 Å². The number of likely N-dealkylation sites (N-methyl/N-ethyl adjacent to an activating group) is 1. The van der Waals surface area contributed by atoms with Crippen LogP contribution >= 0.6 is 0 Å². The molecule has 3 amide bonds. The first kappa shape index (κ1) is 17.2. The molecule has 2 heterocycles. The Morgan fingerprint density at radius 2 is 2.12 bits per heavy atom. The fourth-order valence-electron chi connectivity index (χ4n) is 3.14. The van der Waals surface area contributed by atoms with E-state index in [1.165, 1.54) is 15.9 Å². The number of hydrogen-bond donors (Lipinski definition) is 1. The Labute approximate surface area is 144 Å². The van der Waals surface area contributed by atoms with Crippen LogP contribution in [-0.4, -0.2) is 43.6 Å². The molecule has 0 aliphatic carbocycles. The predicted molar refractivity (Wildman–Crippen MR) is 89.0 cm³/mol. The molecule has 25 heavy (non-hydrogen) atoms. The largest absolute Gasteiger partial charge is 0.442 e. The number of cyclic esters (lactones) is 1. The molecule has 1 fully saturated rings. The molecule has 134 valence electrons. The van der Waals surface area contributed by atoms with E-state index in [0.29, 0.717) is 24.2 Å². The molecular formula is C17H20FN3O4. The highest BCUT2D eigenvalue weighted by Crippen LogP contribution is 2.36. The van der Waals surface area contributed by atoms with Gasteiger partial charge in [-0.05, 0) is 24.6 Å². The monoisotopic (exact) mass is 349 g/mol. The summed E-state index contributed by atoms with van der Waals surface area (Å²) >= 11 is 0. The molecule has 1 N–H and O–H groups in total. The molecule has 7 nitrogen and oxygen atoms in total. The number of carbonyl (C=O) groups excluding carboxylic acids is 3. The van der Waals surface area contributed by atoms with E-state index in [4.69, 9.17) is 4.74 Å². The van der Waals surface area contributed by atoms with Crippen molar-refractivity contribution in [1.29, 1.82) is 0 Å². The third kappa shape index (κ3) is 3.16. The highest BCUT2D eigenvalue weighted by atomic mass is 19.1. The zero-order valence-corrected chi connectivity index (χ0v) is 14.2. The van der Waals surface area contributed by atoms with Crippen LogP contribution in [0.2, 0.25) is 0 Å². The van der Waals surface area contributed by atoms with Crippen molar-refractivity contribution in [3.63, 3.8) is 0 Å². The maximum Gasteiger partial charge on any atom is 0.414 e. The first-order chi connectivity index (χ1) is 11.9. The van der Waals surface area contributed by atoms with E-state index in [9.17, 15) is 18.8 Å². The fraction of sp³-hybridized carbons (Fsp3) is 0.471. The molecule has 0 spiro atoms. The Balaban J connectivity index is 1.78. The standard InChI is InChI=1S/C17H20FN3O4/c1-3-14(22)19-8-12-9-21(17(24)25-12)11-5-10-6-15(23)20(4-2)16(10)13(18)7-11/h5,7,12H,3-4,6,8-9H2,1-2H3,(H,19,22). The van der Waals surface area contributed by atoms with Gasteiger partial charge in [0, 0.05) is 13.0 Å². The number of fused-ring (bicyclic) bond motifs is 1. The number of carbonyl (C=O) groups is 3. The Bertz CT molecular complexity index is 737. The molecule has 0 aromatic heterocycles. The quantitative estimate of drug-likeness (QED) is 0.875. The number of nitrogens with zero attached hydrogens (tertiary/aromatic N) is 2. The smallest absolute Gasteiger partial charge is 0.414 e. The van der Waals surface area contributed by atoms with Crippen molar-refractivity contribution in [2.45, 2.75) is 32.8 Å². The van der Waals surface area contributed by atoms with Crippen LogP contribution < -0.4 is 15.1 Å². The molecule has 1 atom stereocenters. The SMILES string of the molecule is CCC(=O)NCC1CN(c2cc(F)c3c(c2)CC(=O)N3CC)C(=O)O1. The molecule has 1 aromatic rings. The van der Waals surface area contributed by atoms with Crippen molar-refractivity contribution in [1.82, 2.24) is 5.32 Å². The van der Waals surface area contributed by atoms with Crippen molar-refractivity contribution in [2.24, 2.45) is 0 Å². The number of halogens is 1. The molecule has 0 bridgehead atoms. The molecule has 2 aliphatic heterocycles. The summed E-state index contributed by atoms with van der Waals surface area (Å²) < 4.78 is 19.7. The van der Waals surface area contributed by atoms with Crippen LogP contribution in [0.3, 0.4) is 0 Å². The summed E-state index contributed by atoms with van der Waals surface area (Å²) in [6, 6.07) is 2.90. The van der Waals surface area contributed by atoms with Crippen molar-refractivity contribution >= 4 is 29.3 Å². The third-order valence-electron chi connectivity index (χ3n) is 4.39. The van der Waals surface area contributed by atoms with Crippen LogP contribution in [0, 0.1) is 5.82 Å². The number of ether oxygens (including phenoxy) is 1. The lowest BCUT2D eigenvalue weighted by Gasteiger charge is -2.18. The molecule has 0 saturated carbocycles. The summed E-state index contributed by atoms with van der Waals surface area (Å²) in [5, 5.41) is 2.67. The molecule has 3 rings (SSSR count). The minimum atomic E-state index is -0.591. The molecule has 1 saturated heterocycles. The zero-order valence-electron chi connectivity index (χ0n) is 14.2. The molecule has 8 heteroatoms. The average Bonchev–Trinajstić information content (AvgIpc) is 3.11. The average molecular weight is 349 g/mol. The summed E-state index contributed by atoms with van der Waals surface area (Å²) in [7, 11) is 0. The topological polar surface area (TPSA) is 79.0 Å². The summed E-state index contributed by atoms with van der Waals surface area (Å²) in [6.45, 7) is 4.34. The van der Waals surface area contributed by atoms with Gasteiger partial charge < -0.3 is 15.0 Å². The van der Waals surface area contributed by atoms with Gasteiger partial charge >= 0.3 is 6.09 Å². The number of amides is 3. The van der Waals surface area contributed by atoms with Gasteiger partial charge in [0.2, 0.25) is 11.8 Å². The second kappa shape index (κ2) is 6.70. The number of rotatable bonds is 5. The van der Waals surface area contributed by atoms with Crippen molar-refractivity contribution < 1.29 is 23.5 Å². The van der Waals surface area contributed by atoms with Crippen LogP contribution in [-0.2, 0) is 20.7 Å². The molecule has 1 aromatic carbocycles. The maximum atomic E-state index is 14.5. The van der Waals surface area contributed by atoms with E-state index in [-0.39, 0.29) is 37.0 Å². The minimum absolute atomic E-state index is 0.118. The normalized spacial score (nSPS) is 19.2. The van der Waals surface area contributed by atoms with Crippen molar-refractivity contribution in [3.8, 4) is 0 Å². The van der Waals surface area contributed by atoms with Crippen LogP contribution in [0.1, 0.15) is 25.8 Å². The first-order valence-corrected chi connectivity index (χ1v) is 8.32. The molecule has 1 unspecified atom stereocenters. The van der Waals surface area contributed by atoms with Gasteiger partial charge in [0.05, 0.1) is 30.9 Å². The van der Waals surface area contributed by atoms with Gasteiger partial charge in [0.25, 0.3) is 0 Å². The number of anilines is 2. The Kier molecular flexibility index (Phi) is 4.61. The number of benzene rings is 1. The summed E-state index contributed by atoms with van der Waals surface area (Å²) in [5.74, 6) is -0.815. The number of hydrogen-bond acceptors (Lipinski definition) is 4. The fourth-order valence-corrected chi connectivity index (χ4v) is 3.14. The van der Waals surface area contributed by atoms with Gasteiger partial charge in [0.15, 0.2) is 0 Å². The van der Waals surface area contributed by atoms with E-state index < -0.39 is 18.0 Å². The summed E-state index contributed by atoms with van der Waals surface area (Å²) in [5.41, 5.74) is 1.21. The second-order valence-electron chi connectivity index (χ2n) is 6.02. The van der Waals surface area contributed by atoms with Crippen molar-refractivity contribution in [2.75, 3.05) is 29.4 Å². The minimum Gasteiger partial charge on any atom is -0.442 e. The number of nitrogens with one attached hydrogen (secondary N) is 1. The van der Waals surface area contributed by atoms with Gasteiger partial charge in [0.1, 0.15) is 11.9 Å². The van der Waals surface area contributed by atoms with Gasteiger partial charge in [-0.25, -0.2) is 9.18 Å². The van der Waals surface area contributed by atoms with Crippen LogP contribution in [0.4, 0.5) is 20.6 Å². The van der Waals surface area contributed by atoms with E-state index in [2.05, 4.69) is 5.32 Å². The van der Waals surface area contributed by atoms with Crippen LogP contribution in [0.15, 0.2) is 12.1 Å². The first-order valence-electron chi connectivity index (χ1n) is 8.32. The van der Waals surface area contributed by atoms with Crippen molar-refractivity contribution in [3.05, 3.63) is 23.5 Å². The Morgan fingerprint density at radius 3 is 2.80 bits per heavy atom. The van der Waals surface area contributed by atoms with Crippen LogP contribution in [0.5, 0.6) is 0 Å². The van der Waals surface area contributed by atoms with Gasteiger partial charge in [-0.2, -0.15) is 0 Å². The van der Waals surface area contributed by atoms with E-state index in [1.54, 1.807) is 19.9 Å². The predicted octanol–water partition coefficient (Wildman–Crippen LogP) is 1.59. The molecular weight excluding hydrogens is 329 g/mol. The lowest BCUT2D eigenvalue weighted by Crippen LogP contribution is -2.34. The van der Waals surface area contributed by atoms with Gasteiger partial charge in [-0.1, -0.05) is 6.92 Å². The molecule has 0 radical (unpaired) electrons. The van der Waals surface area contributed by atoms with Gasteiger partial charge in [-0.15, -0.1) is 0 Å².